The lowest BCUT2D eigenvalue weighted by molar-refractivity contribution is -0.217. The Kier molecular flexibility index (Phi) is 8.04. The van der Waals surface area contributed by atoms with E-state index in [4.69, 9.17) is 20.6 Å². The van der Waals surface area contributed by atoms with E-state index in [0.717, 1.165) is 44.9 Å². The lowest BCUT2D eigenvalue weighted by Gasteiger charge is -2.64. The monoisotopic (exact) mass is 502 g/mol. The zero-order valence-electron chi connectivity index (χ0n) is 21.9. The molecule has 0 bridgehead atoms. The van der Waals surface area contributed by atoms with E-state index in [9.17, 15) is 19.5 Å². The molecule has 4 aliphatic carbocycles. The van der Waals surface area contributed by atoms with Gasteiger partial charge in [-0.2, -0.15) is 0 Å². The van der Waals surface area contributed by atoms with Crippen molar-refractivity contribution in [3.63, 3.8) is 0 Å². The van der Waals surface area contributed by atoms with E-state index in [-0.39, 0.29) is 77.2 Å². The molecule has 36 heavy (non-hydrogen) atoms. The molecule has 4 aliphatic rings. The van der Waals surface area contributed by atoms with Gasteiger partial charge in [0.1, 0.15) is 12.2 Å². The van der Waals surface area contributed by atoms with Crippen molar-refractivity contribution in [3.8, 4) is 12.3 Å². The highest BCUT2D eigenvalue weighted by molar-refractivity contribution is 5.69. The lowest BCUT2D eigenvalue weighted by Crippen LogP contribution is -2.63. The van der Waals surface area contributed by atoms with Crippen LogP contribution >= 0.6 is 0 Å². The zero-order chi connectivity index (χ0) is 26.1. The molecule has 4 fully saturated rings. The summed E-state index contributed by atoms with van der Waals surface area (Å²) in [5, 5.41) is 10.4. The van der Waals surface area contributed by atoms with Crippen molar-refractivity contribution in [1.82, 2.24) is 0 Å². The largest absolute Gasteiger partial charge is 0.464 e. The summed E-state index contributed by atoms with van der Waals surface area (Å²) in [6.45, 7) is 7.95. The van der Waals surface area contributed by atoms with Crippen LogP contribution in [-0.4, -0.2) is 48.9 Å². The number of aliphatic hydroxyl groups excluding tert-OH is 1. The fourth-order valence-corrected chi connectivity index (χ4v) is 9.30. The summed E-state index contributed by atoms with van der Waals surface area (Å²) < 4.78 is 16.7. The number of rotatable bonds is 9. The quantitative estimate of drug-likeness (QED) is 0.221. The van der Waals surface area contributed by atoms with Crippen LogP contribution in [-0.2, 0) is 28.6 Å². The van der Waals surface area contributed by atoms with Crippen molar-refractivity contribution < 1.29 is 33.7 Å². The third kappa shape index (κ3) is 4.55. The first-order chi connectivity index (χ1) is 17.2. The number of terminal acetylenes is 1. The number of esters is 1. The van der Waals surface area contributed by atoms with Gasteiger partial charge >= 0.3 is 5.97 Å². The molecule has 0 spiro atoms. The first kappa shape index (κ1) is 27.0. The second-order valence-electron chi connectivity index (χ2n) is 12.3. The minimum atomic E-state index is -0.309. The summed E-state index contributed by atoms with van der Waals surface area (Å²) in [6, 6.07) is 0. The Balaban J connectivity index is 1.62. The fourth-order valence-electron chi connectivity index (χ4n) is 9.30. The average Bonchev–Trinajstić information content (AvgIpc) is 3.21. The van der Waals surface area contributed by atoms with Crippen molar-refractivity contribution >= 4 is 18.9 Å². The van der Waals surface area contributed by atoms with Crippen LogP contribution in [0.3, 0.4) is 0 Å². The van der Waals surface area contributed by atoms with Gasteiger partial charge in [0, 0.05) is 17.8 Å². The highest BCUT2D eigenvalue weighted by Crippen LogP contribution is 2.69. The van der Waals surface area contributed by atoms with Gasteiger partial charge in [-0.1, -0.05) is 26.7 Å². The predicted molar refractivity (Wildman–Crippen MR) is 132 cm³/mol. The van der Waals surface area contributed by atoms with Crippen LogP contribution in [0.4, 0.5) is 0 Å². The maximum absolute atomic E-state index is 12.1. The molecule has 0 aromatic carbocycles. The number of hydrogen-bond acceptors (Lipinski definition) is 7. The van der Waals surface area contributed by atoms with Gasteiger partial charge < -0.3 is 19.3 Å². The molecule has 0 aromatic rings. The van der Waals surface area contributed by atoms with Gasteiger partial charge in [0.05, 0.1) is 6.10 Å². The van der Waals surface area contributed by atoms with Crippen LogP contribution in [0.5, 0.6) is 0 Å². The molecule has 11 atom stereocenters. The summed E-state index contributed by atoms with van der Waals surface area (Å²) in [4.78, 5) is 35.4. The summed E-state index contributed by atoms with van der Waals surface area (Å²) >= 11 is 0. The van der Waals surface area contributed by atoms with E-state index in [1.165, 1.54) is 0 Å². The second-order valence-corrected chi connectivity index (χ2v) is 12.3. The van der Waals surface area contributed by atoms with Crippen LogP contribution in [0, 0.1) is 58.7 Å². The third-order valence-corrected chi connectivity index (χ3v) is 11.0. The highest BCUT2D eigenvalue weighted by atomic mass is 16.5. The van der Waals surface area contributed by atoms with Crippen molar-refractivity contribution in [2.24, 2.45) is 46.3 Å². The number of hydrogen-bond donors (Lipinski definition) is 1. The number of carbonyl (C=O) groups is 3. The molecule has 0 radical (unpaired) electrons. The van der Waals surface area contributed by atoms with Crippen molar-refractivity contribution in [2.75, 3.05) is 6.61 Å². The molecule has 0 aliphatic heterocycles. The maximum Gasteiger partial charge on any atom is 0.306 e. The van der Waals surface area contributed by atoms with E-state index in [2.05, 4.69) is 26.7 Å². The summed E-state index contributed by atoms with van der Waals surface area (Å²) in [5.41, 5.74) is -0.255. The standard InChI is InChI=1S/C29H42O7/c1-5-12-34-26(33)9-6-18(2)21-7-8-22-27-23(15-25(36-17-31)29(21,22)4)28(3)11-10-20(32)13-19(28)14-24(27)35-16-30/h1,16-25,27,32H,6-15H2,2-4H3/t18-,19+,20-,21-,22+,23+,24-,25+,27+,28+,29-/m1/s1. The van der Waals surface area contributed by atoms with Gasteiger partial charge in [0.15, 0.2) is 6.61 Å². The van der Waals surface area contributed by atoms with Crippen molar-refractivity contribution in [2.45, 2.75) is 96.9 Å². The number of carbonyl (C=O) groups excluding carboxylic acids is 3. The Labute approximate surface area is 215 Å². The number of ether oxygens (including phenoxy) is 3. The second kappa shape index (κ2) is 10.7. The molecule has 0 unspecified atom stereocenters. The van der Waals surface area contributed by atoms with Gasteiger partial charge in [-0.15, -0.1) is 6.42 Å². The van der Waals surface area contributed by atoms with Gasteiger partial charge in [0.2, 0.25) is 0 Å². The molecule has 0 heterocycles. The van der Waals surface area contributed by atoms with E-state index < -0.39 is 0 Å². The average molecular weight is 503 g/mol. The first-order valence-electron chi connectivity index (χ1n) is 13.7. The van der Waals surface area contributed by atoms with Crippen LogP contribution in [0.25, 0.3) is 0 Å². The zero-order valence-corrected chi connectivity index (χ0v) is 21.9. The smallest absolute Gasteiger partial charge is 0.306 e. The lowest BCUT2D eigenvalue weighted by atomic mass is 9.43. The Morgan fingerprint density at radius 3 is 2.56 bits per heavy atom. The van der Waals surface area contributed by atoms with Crippen LogP contribution < -0.4 is 0 Å². The Morgan fingerprint density at radius 1 is 1.11 bits per heavy atom. The molecule has 7 heteroatoms. The number of fused-ring (bicyclic) bond motifs is 5. The van der Waals surface area contributed by atoms with Gasteiger partial charge in [0.25, 0.3) is 12.9 Å². The molecule has 7 nitrogen and oxygen atoms in total. The number of aliphatic hydroxyl groups is 1. The van der Waals surface area contributed by atoms with Crippen LogP contribution in [0.15, 0.2) is 0 Å². The van der Waals surface area contributed by atoms with Crippen LogP contribution in [0.2, 0.25) is 0 Å². The normalized spacial score (nSPS) is 44.1. The molecule has 0 saturated heterocycles. The summed E-state index contributed by atoms with van der Waals surface area (Å²) in [6.07, 6.45) is 11.4. The minimum Gasteiger partial charge on any atom is -0.464 e. The van der Waals surface area contributed by atoms with Crippen molar-refractivity contribution in [1.29, 1.82) is 0 Å². The summed E-state index contributed by atoms with van der Waals surface area (Å²) in [5.74, 6) is 3.52. The molecular weight excluding hydrogens is 460 g/mol. The topological polar surface area (TPSA) is 99.1 Å². The van der Waals surface area contributed by atoms with E-state index in [1.54, 1.807) is 0 Å². The Morgan fingerprint density at radius 2 is 1.86 bits per heavy atom. The molecule has 200 valence electrons. The van der Waals surface area contributed by atoms with E-state index in [1.807, 2.05) is 0 Å². The fraction of sp³-hybridized carbons (Fsp3) is 0.828. The summed E-state index contributed by atoms with van der Waals surface area (Å²) in [7, 11) is 0. The third-order valence-electron chi connectivity index (χ3n) is 11.0. The molecular formula is C29H42O7. The minimum absolute atomic E-state index is 0.0103. The van der Waals surface area contributed by atoms with Crippen LogP contribution in [0.1, 0.15) is 78.6 Å². The predicted octanol–water partition coefficient (Wildman–Crippen LogP) is 3.90. The molecule has 4 saturated carbocycles. The van der Waals surface area contributed by atoms with Gasteiger partial charge in [-0.3, -0.25) is 14.4 Å². The molecule has 0 amide bonds. The van der Waals surface area contributed by atoms with Gasteiger partial charge in [-0.05, 0) is 86.4 Å². The van der Waals surface area contributed by atoms with E-state index >= 15 is 0 Å². The maximum atomic E-state index is 12.1. The molecule has 4 rings (SSSR count). The Hall–Kier alpha value is -2.07. The molecule has 1 N–H and O–H groups in total. The SMILES string of the molecule is C#CCOC(=O)CC[C@@H](C)[C@H]1CC[C@H]2[C@@H]3[C@H](OC=O)C[C@@H]4C[C@H](O)CC[C@]4(C)[C@H]3C[C@H](OC=O)[C@]12C. The molecule has 0 aromatic heterocycles. The Bertz CT molecular complexity index is 866. The first-order valence-corrected chi connectivity index (χ1v) is 13.7. The van der Waals surface area contributed by atoms with Crippen molar-refractivity contribution in [3.05, 3.63) is 0 Å². The van der Waals surface area contributed by atoms with E-state index in [0.29, 0.717) is 25.8 Å². The van der Waals surface area contributed by atoms with Gasteiger partial charge in [-0.25, -0.2) is 0 Å². The highest BCUT2D eigenvalue weighted by Gasteiger charge is 2.67.